The van der Waals surface area contributed by atoms with E-state index in [0.29, 0.717) is 0 Å². The van der Waals surface area contributed by atoms with Crippen molar-refractivity contribution in [2.45, 2.75) is 26.4 Å². The van der Waals surface area contributed by atoms with Crippen molar-refractivity contribution in [2.24, 2.45) is 4.99 Å². The summed E-state index contributed by atoms with van der Waals surface area (Å²) in [6.45, 7) is 4.70. The van der Waals surface area contributed by atoms with Crippen LogP contribution in [0.15, 0.2) is 59.9 Å². The first-order chi connectivity index (χ1) is 12.3. The molecule has 26 heavy (non-hydrogen) atoms. The second kappa shape index (κ2) is 10.2. The predicted octanol–water partition coefficient (Wildman–Crippen LogP) is 3.72. The summed E-state index contributed by atoms with van der Waals surface area (Å²) in [5, 5.41) is 6.74. The van der Waals surface area contributed by atoms with Crippen molar-refractivity contribution in [3.05, 3.63) is 66.0 Å². The second-order valence-electron chi connectivity index (χ2n) is 6.06. The van der Waals surface area contributed by atoms with Crippen LogP contribution in [0.3, 0.4) is 0 Å². The van der Waals surface area contributed by atoms with Crippen LogP contribution in [0.25, 0.3) is 11.0 Å². The minimum absolute atomic E-state index is 0. The molecule has 3 rings (SSSR count). The number of fused-ring (bicyclic) bond motifs is 1. The molecule has 5 nitrogen and oxygen atoms in total. The maximum Gasteiger partial charge on any atom is 0.191 e. The summed E-state index contributed by atoms with van der Waals surface area (Å²) >= 11 is 0. The minimum atomic E-state index is 0. The Morgan fingerprint density at radius 3 is 2.65 bits per heavy atom. The molecule has 1 heterocycles. The monoisotopic (exact) mass is 463 g/mol. The molecule has 3 aromatic rings. The summed E-state index contributed by atoms with van der Waals surface area (Å²) < 4.78 is 2.19. The van der Waals surface area contributed by atoms with Gasteiger partial charge in [-0.05, 0) is 36.6 Å². The first kappa shape index (κ1) is 20.2. The maximum atomic E-state index is 4.43. The van der Waals surface area contributed by atoms with Crippen LogP contribution < -0.4 is 10.6 Å². The van der Waals surface area contributed by atoms with E-state index in [4.69, 9.17) is 0 Å². The third-order valence-corrected chi connectivity index (χ3v) is 4.33. The van der Waals surface area contributed by atoms with Crippen molar-refractivity contribution in [1.29, 1.82) is 0 Å². The number of aromatic nitrogens is 2. The average Bonchev–Trinajstić information content (AvgIpc) is 3.05. The first-order valence-electron chi connectivity index (χ1n) is 8.67. The summed E-state index contributed by atoms with van der Waals surface area (Å²) in [5.74, 6) is 0.832. The number of benzene rings is 2. The first-order valence-corrected chi connectivity index (χ1v) is 8.67. The quantitative estimate of drug-likeness (QED) is 0.254. The molecule has 0 aliphatic heterocycles. The Morgan fingerprint density at radius 2 is 1.85 bits per heavy atom. The van der Waals surface area contributed by atoms with Crippen LogP contribution >= 0.6 is 24.0 Å². The molecule has 0 aliphatic rings. The summed E-state index contributed by atoms with van der Waals surface area (Å²) in [7, 11) is 1.80. The summed E-state index contributed by atoms with van der Waals surface area (Å²) in [5.41, 5.74) is 4.81. The van der Waals surface area contributed by atoms with Crippen LogP contribution in [-0.4, -0.2) is 29.1 Å². The lowest BCUT2D eigenvalue weighted by Gasteiger charge is -2.13. The number of halogens is 1. The number of nitrogens with one attached hydrogen (secondary N) is 2. The van der Waals surface area contributed by atoms with Gasteiger partial charge in [-0.15, -0.1) is 24.0 Å². The number of hydrogen-bond donors (Lipinski definition) is 2. The summed E-state index contributed by atoms with van der Waals surface area (Å²) in [4.78, 5) is 8.72. The normalized spacial score (nSPS) is 11.2. The van der Waals surface area contributed by atoms with Gasteiger partial charge in [-0.3, -0.25) is 4.99 Å². The Bertz CT molecular complexity index is 856. The van der Waals surface area contributed by atoms with Crippen LogP contribution in [0.2, 0.25) is 0 Å². The van der Waals surface area contributed by atoms with E-state index in [-0.39, 0.29) is 24.0 Å². The molecule has 0 bridgehead atoms. The van der Waals surface area contributed by atoms with Crippen LogP contribution in [0, 0.1) is 6.92 Å². The molecule has 0 atom stereocenters. The molecule has 0 amide bonds. The van der Waals surface area contributed by atoms with Gasteiger partial charge in [0.05, 0.1) is 17.4 Å². The van der Waals surface area contributed by atoms with Gasteiger partial charge in [0.1, 0.15) is 0 Å². The summed E-state index contributed by atoms with van der Waals surface area (Å²) in [6.07, 6.45) is 2.92. The van der Waals surface area contributed by atoms with Gasteiger partial charge in [0.15, 0.2) is 5.96 Å². The van der Waals surface area contributed by atoms with Crippen molar-refractivity contribution < 1.29 is 0 Å². The van der Waals surface area contributed by atoms with Gasteiger partial charge in [-0.25, -0.2) is 4.98 Å². The zero-order valence-electron chi connectivity index (χ0n) is 15.3. The van der Waals surface area contributed by atoms with E-state index in [1.807, 2.05) is 18.5 Å². The zero-order chi connectivity index (χ0) is 17.5. The minimum Gasteiger partial charge on any atom is -0.356 e. The number of hydrogen-bond acceptors (Lipinski definition) is 2. The highest BCUT2D eigenvalue weighted by Gasteiger charge is 2.02. The van der Waals surface area contributed by atoms with Gasteiger partial charge in [0.25, 0.3) is 0 Å². The van der Waals surface area contributed by atoms with Crippen LogP contribution in [-0.2, 0) is 13.1 Å². The van der Waals surface area contributed by atoms with E-state index >= 15 is 0 Å². The van der Waals surface area contributed by atoms with Gasteiger partial charge in [0, 0.05) is 26.7 Å². The Morgan fingerprint density at radius 1 is 1.08 bits per heavy atom. The Balaban J connectivity index is 0.00000243. The molecule has 1 aromatic heterocycles. The number of guanidine groups is 1. The molecule has 6 heteroatoms. The van der Waals surface area contributed by atoms with E-state index < -0.39 is 0 Å². The highest BCUT2D eigenvalue weighted by atomic mass is 127. The standard InChI is InChI=1S/C20H25N5.HI/c1-16-8-3-4-9-17(16)14-23-20(21-2)22-12-7-13-25-15-24-18-10-5-6-11-19(18)25;/h3-6,8-11,15H,7,12-14H2,1-2H3,(H2,21,22,23);1H. The predicted molar refractivity (Wildman–Crippen MR) is 119 cm³/mol. The molecule has 0 fully saturated rings. The Hall–Kier alpha value is -2.09. The highest BCUT2D eigenvalue weighted by Crippen LogP contribution is 2.11. The molecule has 0 radical (unpaired) electrons. The average molecular weight is 463 g/mol. The third kappa shape index (κ3) is 5.20. The molecule has 0 saturated carbocycles. The van der Waals surface area contributed by atoms with E-state index in [1.54, 1.807) is 7.05 Å². The Labute approximate surface area is 172 Å². The lowest BCUT2D eigenvalue weighted by molar-refractivity contribution is 0.637. The maximum absolute atomic E-state index is 4.43. The lowest BCUT2D eigenvalue weighted by atomic mass is 10.1. The van der Waals surface area contributed by atoms with Gasteiger partial charge in [-0.1, -0.05) is 36.4 Å². The van der Waals surface area contributed by atoms with Crippen molar-refractivity contribution in [2.75, 3.05) is 13.6 Å². The van der Waals surface area contributed by atoms with E-state index in [2.05, 4.69) is 68.5 Å². The van der Waals surface area contributed by atoms with E-state index in [0.717, 1.165) is 37.5 Å². The van der Waals surface area contributed by atoms with Crippen molar-refractivity contribution in [1.82, 2.24) is 20.2 Å². The second-order valence-corrected chi connectivity index (χ2v) is 6.06. The molecule has 2 aromatic carbocycles. The largest absolute Gasteiger partial charge is 0.356 e. The summed E-state index contributed by atoms with van der Waals surface area (Å²) in [6, 6.07) is 16.6. The van der Waals surface area contributed by atoms with Gasteiger partial charge >= 0.3 is 0 Å². The van der Waals surface area contributed by atoms with Crippen molar-refractivity contribution >= 4 is 41.0 Å². The fraction of sp³-hybridized carbons (Fsp3) is 0.300. The van der Waals surface area contributed by atoms with Crippen LogP contribution in [0.5, 0.6) is 0 Å². The van der Waals surface area contributed by atoms with Crippen molar-refractivity contribution in [3.63, 3.8) is 0 Å². The molecule has 0 saturated heterocycles. The number of aliphatic imine (C=N–C) groups is 1. The molecular weight excluding hydrogens is 437 g/mol. The lowest BCUT2D eigenvalue weighted by Crippen LogP contribution is -2.37. The molecule has 138 valence electrons. The number of para-hydroxylation sites is 2. The SMILES string of the molecule is CN=C(NCCCn1cnc2ccccc21)NCc1ccccc1C.I. The number of rotatable bonds is 6. The number of nitrogens with zero attached hydrogens (tertiary/aromatic N) is 3. The molecule has 2 N–H and O–H groups in total. The molecular formula is C20H26IN5. The highest BCUT2D eigenvalue weighted by molar-refractivity contribution is 14.0. The van der Waals surface area contributed by atoms with E-state index in [9.17, 15) is 0 Å². The van der Waals surface area contributed by atoms with Gasteiger partial charge in [-0.2, -0.15) is 0 Å². The van der Waals surface area contributed by atoms with Gasteiger partial charge in [0.2, 0.25) is 0 Å². The van der Waals surface area contributed by atoms with E-state index in [1.165, 1.54) is 16.6 Å². The smallest absolute Gasteiger partial charge is 0.191 e. The van der Waals surface area contributed by atoms with Crippen molar-refractivity contribution in [3.8, 4) is 0 Å². The topological polar surface area (TPSA) is 54.2 Å². The molecule has 0 spiro atoms. The molecule has 0 unspecified atom stereocenters. The Kier molecular flexibility index (Phi) is 7.90. The fourth-order valence-corrected chi connectivity index (χ4v) is 2.85. The van der Waals surface area contributed by atoms with Gasteiger partial charge < -0.3 is 15.2 Å². The zero-order valence-corrected chi connectivity index (χ0v) is 17.6. The number of aryl methyl sites for hydroxylation is 2. The molecule has 0 aliphatic carbocycles. The van der Waals surface area contributed by atoms with Crippen LogP contribution in [0.1, 0.15) is 17.5 Å². The fourth-order valence-electron chi connectivity index (χ4n) is 2.85. The third-order valence-electron chi connectivity index (χ3n) is 4.33. The van der Waals surface area contributed by atoms with Crippen LogP contribution in [0.4, 0.5) is 0 Å². The number of imidazole rings is 1.